The number of alkyl halides is 3. The van der Waals surface area contributed by atoms with Crippen molar-refractivity contribution >= 4 is 0 Å². The molecule has 21 heavy (non-hydrogen) atoms. The van der Waals surface area contributed by atoms with Crippen LogP contribution in [0.5, 0.6) is 0 Å². The second-order valence-corrected chi connectivity index (χ2v) is 5.57. The summed E-state index contributed by atoms with van der Waals surface area (Å²) in [6.07, 6.45) is -2.71. The van der Waals surface area contributed by atoms with Gasteiger partial charge in [-0.15, -0.1) is 0 Å². The molecule has 0 radical (unpaired) electrons. The van der Waals surface area contributed by atoms with Crippen molar-refractivity contribution in [2.24, 2.45) is 5.41 Å². The van der Waals surface area contributed by atoms with Gasteiger partial charge in [0.2, 0.25) is 0 Å². The number of hydrogen-bond donors (Lipinski definition) is 2. The number of aliphatic hydroxyl groups excluding tert-OH is 1. The number of ether oxygens (including phenoxy) is 1. The summed E-state index contributed by atoms with van der Waals surface area (Å²) in [5, 5.41) is 12.8. The number of hydrogen-bond acceptors (Lipinski definition) is 3. The molecule has 1 saturated heterocycles. The SMILES string of the molecule is OCC1(CNCc2ccc(C(F)(F)F)cc2)CCOCC1. The van der Waals surface area contributed by atoms with E-state index in [9.17, 15) is 18.3 Å². The molecule has 0 aromatic heterocycles. The van der Waals surface area contributed by atoms with Gasteiger partial charge in [0.05, 0.1) is 12.2 Å². The van der Waals surface area contributed by atoms with Gasteiger partial charge < -0.3 is 15.2 Å². The normalized spacial score (nSPS) is 18.7. The first-order chi connectivity index (χ1) is 9.95. The van der Waals surface area contributed by atoms with Crippen LogP contribution in [0, 0.1) is 5.41 Å². The topological polar surface area (TPSA) is 41.5 Å². The molecule has 1 fully saturated rings. The van der Waals surface area contributed by atoms with E-state index in [-0.39, 0.29) is 12.0 Å². The van der Waals surface area contributed by atoms with E-state index in [4.69, 9.17) is 4.74 Å². The van der Waals surface area contributed by atoms with Crippen LogP contribution in [-0.2, 0) is 17.5 Å². The van der Waals surface area contributed by atoms with E-state index >= 15 is 0 Å². The van der Waals surface area contributed by atoms with Crippen LogP contribution >= 0.6 is 0 Å². The van der Waals surface area contributed by atoms with Crippen molar-refractivity contribution in [3.05, 3.63) is 35.4 Å². The smallest absolute Gasteiger partial charge is 0.396 e. The van der Waals surface area contributed by atoms with E-state index < -0.39 is 11.7 Å². The quantitative estimate of drug-likeness (QED) is 0.878. The van der Waals surface area contributed by atoms with Crippen molar-refractivity contribution in [1.82, 2.24) is 5.32 Å². The van der Waals surface area contributed by atoms with Gasteiger partial charge in [-0.25, -0.2) is 0 Å². The molecule has 1 aliphatic heterocycles. The Morgan fingerprint density at radius 1 is 1.14 bits per heavy atom. The van der Waals surface area contributed by atoms with Crippen LogP contribution in [-0.4, -0.2) is 31.5 Å². The largest absolute Gasteiger partial charge is 0.416 e. The Morgan fingerprint density at radius 2 is 1.76 bits per heavy atom. The standard InChI is InChI=1S/C15H20F3NO2/c16-15(17,18)13-3-1-12(2-4-13)9-19-10-14(11-20)5-7-21-8-6-14/h1-4,19-20H,5-11H2. The number of benzene rings is 1. The molecule has 1 aliphatic rings. The van der Waals surface area contributed by atoms with Gasteiger partial charge in [-0.1, -0.05) is 12.1 Å². The molecule has 0 unspecified atom stereocenters. The van der Waals surface area contributed by atoms with Gasteiger partial charge in [-0.3, -0.25) is 0 Å². The van der Waals surface area contributed by atoms with Crippen LogP contribution in [0.4, 0.5) is 13.2 Å². The Kier molecular flexibility index (Phi) is 5.24. The molecule has 118 valence electrons. The lowest BCUT2D eigenvalue weighted by Gasteiger charge is -2.35. The molecule has 3 nitrogen and oxygen atoms in total. The Hall–Kier alpha value is -1.11. The molecule has 0 aliphatic carbocycles. The zero-order valence-electron chi connectivity index (χ0n) is 11.7. The molecular weight excluding hydrogens is 283 g/mol. The summed E-state index contributed by atoms with van der Waals surface area (Å²) in [4.78, 5) is 0. The molecule has 0 saturated carbocycles. The highest BCUT2D eigenvalue weighted by atomic mass is 19.4. The molecule has 0 spiro atoms. The van der Waals surface area contributed by atoms with Gasteiger partial charge in [-0.05, 0) is 30.5 Å². The molecule has 0 atom stereocenters. The first kappa shape index (κ1) is 16.3. The molecule has 2 N–H and O–H groups in total. The maximum Gasteiger partial charge on any atom is 0.416 e. The lowest BCUT2D eigenvalue weighted by atomic mass is 9.81. The van der Waals surface area contributed by atoms with Gasteiger partial charge in [0.25, 0.3) is 0 Å². The molecule has 1 aromatic rings. The minimum absolute atomic E-state index is 0.0936. The second kappa shape index (κ2) is 6.77. The monoisotopic (exact) mass is 303 g/mol. The van der Waals surface area contributed by atoms with Gasteiger partial charge >= 0.3 is 6.18 Å². The van der Waals surface area contributed by atoms with Crippen molar-refractivity contribution in [1.29, 1.82) is 0 Å². The summed E-state index contributed by atoms with van der Waals surface area (Å²) >= 11 is 0. The van der Waals surface area contributed by atoms with E-state index in [1.165, 1.54) is 12.1 Å². The molecule has 0 amide bonds. The van der Waals surface area contributed by atoms with Crippen LogP contribution in [0.1, 0.15) is 24.0 Å². The fourth-order valence-corrected chi connectivity index (χ4v) is 2.48. The van der Waals surface area contributed by atoms with Crippen molar-refractivity contribution in [2.75, 3.05) is 26.4 Å². The van der Waals surface area contributed by atoms with Crippen LogP contribution < -0.4 is 5.32 Å². The van der Waals surface area contributed by atoms with Crippen molar-refractivity contribution in [3.63, 3.8) is 0 Å². The Labute approximate surface area is 122 Å². The van der Waals surface area contributed by atoms with E-state index in [0.717, 1.165) is 30.5 Å². The Morgan fingerprint density at radius 3 is 2.29 bits per heavy atom. The van der Waals surface area contributed by atoms with E-state index in [1.807, 2.05) is 0 Å². The average Bonchev–Trinajstić information content (AvgIpc) is 2.48. The van der Waals surface area contributed by atoms with Crippen molar-refractivity contribution in [3.8, 4) is 0 Å². The number of aliphatic hydroxyl groups is 1. The van der Waals surface area contributed by atoms with E-state index in [2.05, 4.69) is 5.32 Å². The Bertz CT molecular complexity index is 439. The molecule has 6 heteroatoms. The van der Waals surface area contributed by atoms with Crippen LogP contribution in [0.15, 0.2) is 24.3 Å². The molecule has 1 heterocycles. The average molecular weight is 303 g/mol. The first-order valence-corrected chi connectivity index (χ1v) is 7.01. The second-order valence-electron chi connectivity index (χ2n) is 5.57. The summed E-state index contributed by atoms with van der Waals surface area (Å²) < 4.78 is 42.7. The summed E-state index contributed by atoms with van der Waals surface area (Å²) in [5.74, 6) is 0. The number of rotatable bonds is 5. The van der Waals surface area contributed by atoms with Crippen LogP contribution in [0.2, 0.25) is 0 Å². The summed E-state index contributed by atoms with van der Waals surface area (Å²) in [7, 11) is 0. The summed E-state index contributed by atoms with van der Waals surface area (Å²) in [5.41, 5.74) is -0.0184. The third-order valence-electron chi connectivity index (χ3n) is 4.00. The minimum Gasteiger partial charge on any atom is -0.396 e. The molecular formula is C15H20F3NO2. The van der Waals surface area contributed by atoms with Gasteiger partial charge in [0, 0.05) is 31.7 Å². The summed E-state index contributed by atoms with van der Waals surface area (Å²) in [6, 6.07) is 5.14. The molecule has 2 rings (SSSR count). The van der Waals surface area contributed by atoms with E-state index in [1.54, 1.807) is 0 Å². The highest BCUT2D eigenvalue weighted by molar-refractivity contribution is 5.24. The van der Waals surface area contributed by atoms with Gasteiger partial charge in [0.1, 0.15) is 0 Å². The Balaban J connectivity index is 1.85. The lowest BCUT2D eigenvalue weighted by Crippen LogP contribution is -2.41. The van der Waals surface area contributed by atoms with Crippen molar-refractivity contribution in [2.45, 2.75) is 25.6 Å². The molecule has 1 aromatic carbocycles. The predicted molar refractivity (Wildman–Crippen MR) is 72.7 cm³/mol. The van der Waals surface area contributed by atoms with E-state index in [0.29, 0.717) is 26.3 Å². The third-order valence-corrected chi connectivity index (χ3v) is 4.00. The maximum atomic E-state index is 12.5. The van der Waals surface area contributed by atoms with Gasteiger partial charge in [-0.2, -0.15) is 13.2 Å². The summed E-state index contributed by atoms with van der Waals surface area (Å²) in [6.45, 7) is 2.50. The minimum atomic E-state index is -4.30. The van der Waals surface area contributed by atoms with Crippen LogP contribution in [0.3, 0.4) is 0 Å². The molecule has 0 bridgehead atoms. The predicted octanol–water partition coefficient (Wildman–Crippen LogP) is 2.58. The fourth-order valence-electron chi connectivity index (χ4n) is 2.48. The maximum absolute atomic E-state index is 12.5. The highest BCUT2D eigenvalue weighted by Gasteiger charge is 2.32. The fraction of sp³-hybridized carbons (Fsp3) is 0.600. The van der Waals surface area contributed by atoms with Crippen LogP contribution in [0.25, 0.3) is 0 Å². The van der Waals surface area contributed by atoms with Gasteiger partial charge in [0.15, 0.2) is 0 Å². The lowest BCUT2D eigenvalue weighted by molar-refractivity contribution is -0.137. The number of halogens is 3. The number of nitrogens with one attached hydrogen (secondary N) is 1. The zero-order valence-corrected chi connectivity index (χ0v) is 11.7. The zero-order chi connectivity index (χ0) is 15.3. The van der Waals surface area contributed by atoms with Crippen molar-refractivity contribution < 1.29 is 23.0 Å². The first-order valence-electron chi connectivity index (χ1n) is 7.01. The third kappa shape index (κ3) is 4.43. The highest BCUT2D eigenvalue weighted by Crippen LogP contribution is 2.30.